The van der Waals surface area contributed by atoms with Crippen LogP contribution in [0.15, 0.2) is 185 Å². The third kappa shape index (κ3) is 13.4. The van der Waals surface area contributed by atoms with E-state index in [1.165, 1.54) is 56.0 Å². The fourth-order valence-electron chi connectivity index (χ4n) is 7.22. The van der Waals surface area contributed by atoms with Gasteiger partial charge in [-0.25, -0.2) is 0 Å². The van der Waals surface area contributed by atoms with Crippen molar-refractivity contribution >= 4 is 87.5 Å². The molecule has 0 N–H and O–H groups in total. The summed E-state index contributed by atoms with van der Waals surface area (Å²) in [6.07, 6.45) is 0. The molecule has 7 rings (SSSR count). The summed E-state index contributed by atoms with van der Waals surface area (Å²) < 4.78 is 0. The number of rotatable bonds is 7. The summed E-state index contributed by atoms with van der Waals surface area (Å²) in [6, 6.07) is 58.1. The van der Waals surface area contributed by atoms with E-state index < -0.39 is 16.1 Å². The SMILES string of the molecule is CC(=O)Sc1ccc(C#Cc2ccc([Si](c3ccc(C#Cc4ccc(SC(C)=O)cc4)cc3)(c3ccc(C#Cc4ccc(SC(C)=O)cc4)cc3)c3ccc(C#C[Si](C)(C)C)cc3)cc2)cc1. The van der Waals surface area contributed by atoms with Crippen molar-refractivity contribution < 1.29 is 14.4 Å². The van der Waals surface area contributed by atoms with Gasteiger partial charge in [-0.15, -0.1) is 5.54 Å². The summed E-state index contributed by atoms with van der Waals surface area (Å²) in [7, 11) is -4.65. The third-order valence-corrected chi connectivity index (χ3v) is 18.3. The van der Waals surface area contributed by atoms with Gasteiger partial charge in [0.25, 0.3) is 0 Å². The molecule has 0 saturated carbocycles. The van der Waals surface area contributed by atoms with Crippen molar-refractivity contribution in [2.45, 2.75) is 55.1 Å². The lowest BCUT2D eigenvalue weighted by Gasteiger charge is -2.34. The summed E-state index contributed by atoms with van der Waals surface area (Å²) in [6.45, 7) is 11.5. The molecular weight excluding hydrogens is 909 g/mol. The molecule has 0 bridgehead atoms. The summed E-state index contributed by atoms with van der Waals surface area (Å²) in [5.74, 6) is 23.5. The quantitative estimate of drug-likeness (QED) is 0.0687. The Balaban J connectivity index is 1.33. The first-order valence-corrected chi connectivity index (χ1v) is 29.5. The summed E-state index contributed by atoms with van der Waals surface area (Å²) in [5, 5.41) is 4.92. The third-order valence-electron chi connectivity index (χ3n) is 10.3. The zero-order chi connectivity index (χ0) is 47.4. The Kier molecular flexibility index (Phi) is 16.0. The Labute approximate surface area is 410 Å². The van der Waals surface area contributed by atoms with Crippen molar-refractivity contribution in [3.63, 3.8) is 0 Å². The molecule has 0 atom stereocenters. The average molecular weight is 955 g/mol. The van der Waals surface area contributed by atoms with Crippen LogP contribution in [0, 0.1) is 47.0 Å². The minimum atomic E-state index is -3.05. The average Bonchev–Trinajstić information content (AvgIpc) is 3.31. The Bertz CT molecular complexity index is 2890. The van der Waals surface area contributed by atoms with E-state index in [2.05, 4.69) is 164 Å². The molecular formula is C59H46O3S3Si2. The van der Waals surface area contributed by atoms with Crippen LogP contribution in [0.2, 0.25) is 19.6 Å². The first kappa shape index (κ1) is 48.2. The lowest BCUT2D eigenvalue weighted by molar-refractivity contribution is -0.109. The second kappa shape index (κ2) is 22.2. The van der Waals surface area contributed by atoms with Crippen LogP contribution in [0.3, 0.4) is 0 Å². The second-order valence-corrected chi connectivity index (χ2v) is 29.0. The molecule has 0 radical (unpaired) electrons. The normalized spacial score (nSPS) is 10.7. The Morgan fingerprint density at radius 3 is 0.701 bits per heavy atom. The van der Waals surface area contributed by atoms with Crippen LogP contribution < -0.4 is 20.7 Å². The molecule has 8 heteroatoms. The van der Waals surface area contributed by atoms with Crippen LogP contribution in [0.5, 0.6) is 0 Å². The van der Waals surface area contributed by atoms with Crippen molar-refractivity contribution in [1.29, 1.82) is 0 Å². The molecule has 3 nitrogen and oxygen atoms in total. The molecule has 0 saturated heterocycles. The maximum atomic E-state index is 11.6. The van der Waals surface area contributed by atoms with Gasteiger partial charge in [-0.05, 0) is 142 Å². The van der Waals surface area contributed by atoms with Gasteiger partial charge in [-0.1, -0.05) is 145 Å². The molecule has 326 valence electrons. The van der Waals surface area contributed by atoms with E-state index in [1.54, 1.807) is 20.8 Å². The van der Waals surface area contributed by atoms with E-state index in [0.717, 1.165) is 53.6 Å². The number of hydrogen-bond acceptors (Lipinski definition) is 6. The molecule has 0 unspecified atom stereocenters. The van der Waals surface area contributed by atoms with Gasteiger partial charge in [0.15, 0.2) is 23.4 Å². The zero-order valence-electron chi connectivity index (χ0n) is 38.1. The highest BCUT2D eigenvalue weighted by atomic mass is 32.2. The molecule has 0 aliphatic rings. The Morgan fingerprint density at radius 1 is 0.313 bits per heavy atom. The van der Waals surface area contributed by atoms with Crippen LogP contribution in [0.25, 0.3) is 0 Å². The lowest BCUT2D eigenvalue weighted by atomic mass is 10.2. The van der Waals surface area contributed by atoms with Crippen LogP contribution >= 0.6 is 35.3 Å². The van der Waals surface area contributed by atoms with Crippen molar-refractivity contribution in [3.8, 4) is 47.0 Å². The predicted octanol–water partition coefficient (Wildman–Crippen LogP) is 10.4. The van der Waals surface area contributed by atoms with E-state index in [0.29, 0.717) is 0 Å². The second-order valence-electron chi connectivity index (χ2n) is 16.7. The fourth-order valence-corrected chi connectivity index (χ4v) is 14.2. The first-order chi connectivity index (χ1) is 32.2. The van der Waals surface area contributed by atoms with Crippen molar-refractivity contribution in [3.05, 3.63) is 209 Å². The van der Waals surface area contributed by atoms with Gasteiger partial charge < -0.3 is 0 Å². The zero-order valence-corrected chi connectivity index (χ0v) is 42.6. The minimum Gasteiger partial charge on any atom is -0.287 e. The highest BCUT2D eigenvalue weighted by Crippen LogP contribution is 2.21. The van der Waals surface area contributed by atoms with Crippen LogP contribution in [-0.2, 0) is 14.4 Å². The molecule has 0 amide bonds. The van der Waals surface area contributed by atoms with Crippen molar-refractivity contribution in [1.82, 2.24) is 0 Å². The van der Waals surface area contributed by atoms with E-state index in [9.17, 15) is 14.4 Å². The number of hydrogen-bond donors (Lipinski definition) is 0. The van der Waals surface area contributed by atoms with Gasteiger partial charge in [-0.3, -0.25) is 14.4 Å². The molecule has 0 aliphatic carbocycles. The predicted molar refractivity (Wildman–Crippen MR) is 287 cm³/mol. The van der Waals surface area contributed by atoms with Gasteiger partial charge in [0.05, 0.1) is 0 Å². The first-order valence-electron chi connectivity index (χ1n) is 21.6. The highest BCUT2D eigenvalue weighted by molar-refractivity contribution is 8.14. The van der Waals surface area contributed by atoms with Crippen LogP contribution in [0.4, 0.5) is 0 Å². The number of thioether (sulfide) groups is 3. The summed E-state index contributed by atoms with van der Waals surface area (Å²) >= 11 is 3.63. The molecule has 0 spiro atoms. The van der Waals surface area contributed by atoms with E-state index in [1.807, 2.05) is 72.8 Å². The van der Waals surface area contributed by atoms with Gasteiger partial charge >= 0.3 is 0 Å². The van der Waals surface area contributed by atoms with Gasteiger partial charge in [0.2, 0.25) is 0 Å². The summed E-state index contributed by atoms with van der Waals surface area (Å²) in [5.41, 5.74) is 9.81. The maximum Gasteiger partial charge on any atom is 0.190 e. The number of carbonyl (C=O) groups is 3. The smallest absolute Gasteiger partial charge is 0.190 e. The minimum absolute atomic E-state index is 0.0492. The highest BCUT2D eigenvalue weighted by Gasteiger charge is 2.41. The summed E-state index contributed by atoms with van der Waals surface area (Å²) in [4.78, 5) is 37.5. The van der Waals surface area contributed by atoms with E-state index in [4.69, 9.17) is 0 Å². The molecule has 0 fully saturated rings. The Morgan fingerprint density at radius 2 is 0.507 bits per heavy atom. The lowest BCUT2D eigenvalue weighted by Crippen LogP contribution is -2.74. The Hall–Kier alpha value is -6.73. The molecule has 0 heterocycles. The standard InChI is InChI=1S/C59H46O3S3Si2/c1-43(60)63-53-27-13-46(14-28-53)7-10-49-19-33-56(34-20-49)67(59-39-25-52(26-40-59)41-42-66(4,5)6,57-35-21-50(22-36-57)11-8-47-15-29-54(30-16-47)64-44(2)61)58-37-23-51(24-38-58)12-9-48-17-31-55(32-18-48)65-45(3)62/h13-40H,1-6H3. The van der Waals surface area contributed by atoms with Crippen LogP contribution in [0.1, 0.15) is 59.7 Å². The van der Waals surface area contributed by atoms with Gasteiger partial charge in [-0.2, -0.15) is 0 Å². The molecule has 7 aromatic rings. The fraction of sp³-hybridized carbons (Fsp3) is 0.102. The van der Waals surface area contributed by atoms with E-state index >= 15 is 0 Å². The largest absolute Gasteiger partial charge is 0.287 e. The number of benzene rings is 7. The van der Waals surface area contributed by atoms with Gasteiger partial charge in [0, 0.05) is 74.4 Å². The molecule has 67 heavy (non-hydrogen) atoms. The molecule has 0 aromatic heterocycles. The monoisotopic (exact) mass is 954 g/mol. The topological polar surface area (TPSA) is 51.2 Å². The number of carbonyl (C=O) groups excluding carboxylic acids is 3. The molecule has 0 aliphatic heterocycles. The van der Waals surface area contributed by atoms with Crippen molar-refractivity contribution in [2.24, 2.45) is 0 Å². The van der Waals surface area contributed by atoms with Crippen molar-refractivity contribution in [2.75, 3.05) is 0 Å². The maximum absolute atomic E-state index is 11.6. The van der Waals surface area contributed by atoms with E-state index in [-0.39, 0.29) is 15.3 Å². The molecule has 7 aromatic carbocycles. The van der Waals surface area contributed by atoms with Gasteiger partial charge in [0.1, 0.15) is 8.07 Å². The van der Waals surface area contributed by atoms with Crippen LogP contribution in [-0.4, -0.2) is 31.5 Å².